The van der Waals surface area contributed by atoms with Crippen LogP contribution in [0.1, 0.15) is 5.56 Å². The van der Waals surface area contributed by atoms with Crippen molar-refractivity contribution in [1.82, 2.24) is 4.98 Å². The number of anilines is 1. The lowest BCUT2D eigenvalue weighted by Gasteiger charge is -2.11. The lowest BCUT2D eigenvalue weighted by molar-refractivity contribution is 0.469. The molecule has 0 fully saturated rings. The first-order valence-electron chi connectivity index (χ1n) is 6.40. The largest absolute Gasteiger partial charge is 0.506 e. The van der Waals surface area contributed by atoms with Crippen LogP contribution in [0.25, 0.3) is 10.9 Å². The van der Waals surface area contributed by atoms with E-state index in [-0.39, 0.29) is 5.75 Å². The van der Waals surface area contributed by atoms with Crippen molar-refractivity contribution in [2.75, 3.05) is 5.32 Å². The minimum absolute atomic E-state index is 0.100. The van der Waals surface area contributed by atoms with Gasteiger partial charge in [0.2, 0.25) is 0 Å². The minimum atomic E-state index is 0.100. The Labute approximate surface area is 132 Å². The van der Waals surface area contributed by atoms with Crippen molar-refractivity contribution >= 4 is 39.8 Å². The third-order valence-electron chi connectivity index (χ3n) is 3.26. The van der Waals surface area contributed by atoms with Crippen LogP contribution in [0.4, 0.5) is 5.69 Å². The van der Waals surface area contributed by atoms with E-state index < -0.39 is 0 Å². The normalized spacial score (nSPS) is 10.8. The van der Waals surface area contributed by atoms with Crippen molar-refractivity contribution in [1.29, 1.82) is 0 Å². The highest BCUT2D eigenvalue weighted by Crippen LogP contribution is 2.30. The molecular weight excluding hydrogens is 307 g/mol. The van der Waals surface area contributed by atoms with Gasteiger partial charge < -0.3 is 10.4 Å². The van der Waals surface area contributed by atoms with Crippen LogP contribution in [0.3, 0.4) is 0 Å². The second-order valence-corrected chi connectivity index (χ2v) is 5.41. The van der Waals surface area contributed by atoms with Crippen LogP contribution in [0, 0.1) is 0 Å². The van der Waals surface area contributed by atoms with Crippen LogP contribution in [-0.2, 0) is 6.54 Å². The molecule has 3 rings (SSSR count). The number of hydrogen-bond donors (Lipinski definition) is 2. The van der Waals surface area contributed by atoms with Gasteiger partial charge >= 0.3 is 0 Å². The summed E-state index contributed by atoms with van der Waals surface area (Å²) in [5.74, 6) is 0.100. The van der Waals surface area contributed by atoms with E-state index in [0.29, 0.717) is 16.6 Å². The zero-order valence-corrected chi connectivity index (χ0v) is 12.5. The molecular formula is C16H12Cl2N2O. The van der Waals surface area contributed by atoms with Crippen molar-refractivity contribution in [2.24, 2.45) is 0 Å². The van der Waals surface area contributed by atoms with Gasteiger partial charge in [-0.05, 0) is 30.3 Å². The molecule has 2 N–H and O–H groups in total. The molecule has 0 bridgehead atoms. The molecule has 2 aromatic carbocycles. The zero-order chi connectivity index (χ0) is 14.8. The number of hydrogen-bond acceptors (Lipinski definition) is 3. The Bertz CT molecular complexity index is 805. The first-order valence-corrected chi connectivity index (χ1v) is 7.16. The number of halogens is 2. The number of nitrogens with zero attached hydrogens (tertiary/aromatic N) is 1. The Kier molecular flexibility index (Phi) is 3.86. The van der Waals surface area contributed by atoms with E-state index in [1.807, 2.05) is 24.3 Å². The second kappa shape index (κ2) is 5.80. The molecule has 5 heteroatoms. The van der Waals surface area contributed by atoms with Crippen LogP contribution in [-0.4, -0.2) is 10.1 Å². The smallest absolute Gasteiger partial charge is 0.139 e. The first kappa shape index (κ1) is 14.0. The van der Waals surface area contributed by atoms with Gasteiger partial charge in [-0.1, -0.05) is 35.3 Å². The number of aromatic hydroxyl groups is 1. The maximum absolute atomic E-state index is 9.93. The molecule has 21 heavy (non-hydrogen) atoms. The number of rotatable bonds is 3. The Morgan fingerprint density at radius 3 is 2.71 bits per heavy atom. The van der Waals surface area contributed by atoms with Crippen LogP contribution < -0.4 is 5.32 Å². The Hall–Kier alpha value is -1.97. The van der Waals surface area contributed by atoms with Gasteiger partial charge in [0.05, 0.1) is 15.6 Å². The third-order valence-corrected chi connectivity index (χ3v) is 3.87. The predicted octanol–water partition coefficient (Wildman–Crippen LogP) is 4.86. The van der Waals surface area contributed by atoms with Crippen molar-refractivity contribution in [2.45, 2.75) is 6.54 Å². The Morgan fingerprint density at radius 2 is 1.86 bits per heavy atom. The first-order chi connectivity index (χ1) is 10.2. The van der Waals surface area contributed by atoms with Gasteiger partial charge in [-0.3, -0.25) is 4.98 Å². The van der Waals surface area contributed by atoms with E-state index >= 15 is 0 Å². The number of benzene rings is 2. The van der Waals surface area contributed by atoms with E-state index in [1.54, 1.807) is 24.4 Å². The summed E-state index contributed by atoms with van der Waals surface area (Å²) in [7, 11) is 0. The number of fused-ring (bicyclic) bond motifs is 1. The fourth-order valence-electron chi connectivity index (χ4n) is 2.19. The summed E-state index contributed by atoms with van der Waals surface area (Å²) in [6.07, 6.45) is 1.71. The topological polar surface area (TPSA) is 45.1 Å². The molecule has 0 spiro atoms. The SMILES string of the molecule is Oc1c(Cl)cccc1CNc1ccc(Cl)c2ncccc12. The molecule has 0 aliphatic rings. The highest BCUT2D eigenvalue weighted by Gasteiger charge is 2.08. The molecule has 0 amide bonds. The third kappa shape index (κ3) is 2.75. The van der Waals surface area contributed by atoms with Crippen LogP contribution in [0.5, 0.6) is 5.75 Å². The van der Waals surface area contributed by atoms with E-state index in [1.165, 1.54) is 0 Å². The monoisotopic (exact) mass is 318 g/mol. The maximum Gasteiger partial charge on any atom is 0.139 e. The summed E-state index contributed by atoms with van der Waals surface area (Å²) in [6, 6.07) is 12.8. The fraction of sp³-hybridized carbons (Fsp3) is 0.0625. The molecule has 3 nitrogen and oxygen atoms in total. The van der Waals surface area contributed by atoms with Crippen molar-refractivity contribution < 1.29 is 5.11 Å². The second-order valence-electron chi connectivity index (χ2n) is 4.60. The summed E-state index contributed by atoms with van der Waals surface area (Å²) in [4.78, 5) is 4.29. The fourth-order valence-corrected chi connectivity index (χ4v) is 2.59. The van der Waals surface area contributed by atoms with Gasteiger partial charge in [0.15, 0.2) is 0 Å². The van der Waals surface area contributed by atoms with E-state index in [9.17, 15) is 5.11 Å². The highest BCUT2D eigenvalue weighted by atomic mass is 35.5. The molecule has 0 aliphatic heterocycles. The standard InChI is InChI=1S/C16H12Cl2N2O/c17-12-6-7-14(11-4-2-8-19-15(11)12)20-9-10-3-1-5-13(18)16(10)21/h1-8,20-21H,9H2. The quantitative estimate of drug-likeness (QED) is 0.725. The molecule has 106 valence electrons. The summed E-state index contributed by atoms with van der Waals surface area (Å²) < 4.78 is 0. The number of nitrogens with one attached hydrogen (secondary N) is 1. The summed E-state index contributed by atoms with van der Waals surface area (Å²) >= 11 is 12.1. The zero-order valence-electron chi connectivity index (χ0n) is 11.0. The van der Waals surface area contributed by atoms with Gasteiger partial charge in [-0.15, -0.1) is 0 Å². The average molecular weight is 319 g/mol. The number of pyridine rings is 1. The number of phenolic OH excluding ortho intramolecular Hbond substituents is 1. The molecule has 0 saturated heterocycles. The van der Waals surface area contributed by atoms with Crippen molar-refractivity contribution in [3.63, 3.8) is 0 Å². The van der Waals surface area contributed by atoms with Crippen molar-refractivity contribution in [3.05, 3.63) is 64.3 Å². The highest BCUT2D eigenvalue weighted by molar-refractivity contribution is 6.35. The van der Waals surface area contributed by atoms with Crippen LogP contribution in [0.15, 0.2) is 48.7 Å². The molecule has 0 saturated carbocycles. The lowest BCUT2D eigenvalue weighted by atomic mass is 10.1. The van der Waals surface area contributed by atoms with E-state index in [0.717, 1.165) is 22.2 Å². The van der Waals surface area contributed by atoms with E-state index in [2.05, 4.69) is 10.3 Å². The summed E-state index contributed by atoms with van der Waals surface area (Å²) in [6.45, 7) is 0.456. The average Bonchev–Trinajstić information content (AvgIpc) is 2.51. The number of aromatic nitrogens is 1. The number of para-hydroxylation sites is 1. The molecule has 0 atom stereocenters. The predicted molar refractivity (Wildman–Crippen MR) is 87.2 cm³/mol. The molecule has 1 heterocycles. The summed E-state index contributed by atoms with van der Waals surface area (Å²) in [5.41, 5.74) is 2.39. The molecule has 0 aliphatic carbocycles. The summed E-state index contributed by atoms with van der Waals surface area (Å²) in [5, 5.41) is 15.1. The minimum Gasteiger partial charge on any atom is -0.506 e. The molecule has 3 aromatic rings. The number of phenols is 1. The van der Waals surface area contributed by atoms with Gasteiger partial charge in [-0.25, -0.2) is 0 Å². The van der Waals surface area contributed by atoms with Gasteiger partial charge in [-0.2, -0.15) is 0 Å². The van der Waals surface area contributed by atoms with Crippen LogP contribution in [0.2, 0.25) is 10.0 Å². The molecule has 0 radical (unpaired) electrons. The Morgan fingerprint density at radius 1 is 1.00 bits per heavy atom. The van der Waals surface area contributed by atoms with Crippen molar-refractivity contribution in [3.8, 4) is 5.75 Å². The Balaban J connectivity index is 1.92. The lowest BCUT2D eigenvalue weighted by Crippen LogP contribution is -2.00. The maximum atomic E-state index is 9.93. The van der Waals surface area contributed by atoms with Gasteiger partial charge in [0, 0.05) is 29.4 Å². The molecule has 0 unspecified atom stereocenters. The molecule has 1 aromatic heterocycles. The van der Waals surface area contributed by atoms with E-state index in [4.69, 9.17) is 23.2 Å². The van der Waals surface area contributed by atoms with Gasteiger partial charge in [0.1, 0.15) is 5.75 Å². The van der Waals surface area contributed by atoms with Gasteiger partial charge in [0.25, 0.3) is 0 Å². The van der Waals surface area contributed by atoms with Crippen LogP contribution >= 0.6 is 23.2 Å².